The Balaban J connectivity index is 0.00000192. The van der Waals surface area contributed by atoms with Crippen molar-refractivity contribution in [2.75, 3.05) is 39.8 Å². The molecule has 2 heterocycles. The molecule has 1 spiro atoms. The second-order valence-electron chi connectivity index (χ2n) is 7.05. The van der Waals surface area contributed by atoms with Gasteiger partial charge in [-0.3, -0.25) is 9.89 Å². The Morgan fingerprint density at radius 3 is 2.52 bits per heavy atom. The number of nitrogens with zero attached hydrogens (tertiary/aromatic N) is 3. The minimum Gasteiger partial charge on any atom is -0.352 e. The van der Waals surface area contributed by atoms with Crippen LogP contribution in [0, 0.1) is 5.41 Å². The van der Waals surface area contributed by atoms with Crippen LogP contribution in [0.4, 0.5) is 13.2 Å². The fourth-order valence-electron chi connectivity index (χ4n) is 4.03. The number of rotatable bonds is 2. The third-order valence-electron chi connectivity index (χ3n) is 5.37. The summed E-state index contributed by atoms with van der Waals surface area (Å²) in [7, 11) is 1.76. The van der Waals surface area contributed by atoms with Gasteiger partial charge in [-0.25, -0.2) is 0 Å². The lowest BCUT2D eigenvalue weighted by molar-refractivity contribution is -0.143. The molecule has 1 N–H and O–H groups in total. The maximum Gasteiger partial charge on any atom is 0.401 e. The molecular formula is C15H26F3IN4. The van der Waals surface area contributed by atoms with Gasteiger partial charge in [0, 0.05) is 39.3 Å². The van der Waals surface area contributed by atoms with Gasteiger partial charge in [0.1, 0.15) is 0 Å². The van der Waals surface area contributed by atoms with Crippen molar-refractivity contribution in [3.8, 4) is 0 Å². The molecule has 0 aromatic carbocycles. The topological polar surface area (TPSA) is 30.9 Å². The molecule has 4 nitrogen and oxygen atoms in total. The van der Waals surface area contributed by atoms with E-state index < -0.39 is 12.7 Å². The number of alkyl halides is 3. The first kappa shape index (κ1) is 19.1. The van der Waals surface area contributed by atoms with E-state index in [9.17, 15) is 13.2 Å². The Morgan fingerprint density at radius 1 is 1.26 bits per heavy atom. The Kier molecular flexibility index (Phi) is 6.08. The monoisotopic (exact) mass is 446 g/mol. The molecule has 3 aliphatic rings. The Labute approximate surface area is 152 Å². The second-order valence-corrected chi connectivity index (χ2v) is 7.05. The maximum atomic E-state index is 12.4. The van der Waals surface area contributed by atoms with Crippen molar-refractivity contribution < 1.29 is 13.2 Å². The van der Waals surface area contributed by atoms with Crippen LogP contribution in [0.25, 0.3) is 0 Å². The highest BCUT2D eigenvalue weighted by Crippen LogP contribution is 2.47. The summed E-state index contributed by atoms with van der Waals surface area (Å²) in [5.41, 5.74) is 0.496. The summed E-state index contributed by atoms with van der Waals surface area (Å²) in [4.78, 5) is 8.11. The fraction of sp³-hybridized carbons (Fsp3) is 0.933. The lowest BCUT2D eigenvalue weighted by Gasteiger charge is -2.38. The van der Waals surface area contributed by atoms with Gasteiger partial charge in [0.15, 0.2) is 5.96 Å². The van der Waals surface area contributed by atoms with Crippen molar-refractivity contribution in [2.45, 2.75) is 44.3 Å². The van der Waals surface area contributed by atoms with Crippen LogP contribution in [0.3, 0.4) is 0 Å². The molecule has 0 amide bonds. The van der Waals surface area contributed by atoms with Gasteiger partial charge in [-0.15, -0.1) is 24.0 Å². The zero-order valence-corrected chi connectivity index (χ0v) is 15.9. The van der Waals surface area contributed by atoms with Gasteiger partial charge >= 0.3 is 6.18 Å². The predicted octanol–water partition coefficient (Wildman–Crippen LogP) is 2.69. The maximum absolute atomic E-state index is 12.4. The lowest BCUT2D eigenvalue weighted by Crippen LogP contribution is -2.47. The molecule has 0 bridgehead atoms. The van der Waals surface area contributed by atoms with Gasteiger partial charge in [0.2, 0.25) is 0 Å². The highest BCUT2D eigenvalue weighted by atomic mass is 127. The Hall–Kier alpha value is -0.250. The third-order valence-corrected chi connectivity index (χ3v) is 5.37. The first-order chi connectivity index (χ1) is 10.4. The lowest BCUT2D eigenvalue weighted by atomic mass is 9.68. The quantitative estimate of drug-likeness (QED) is 0.402. The molecule has 0 radical (unpaired) electrons. The molecule has 3 fully saturated rings. The molecule has 1 aliphatic carbocycles. The van der Waals surface area contributed by atoms with E-state index in [1.54, 1.807) is 7.05 Å². The predicted molar refractivity (Wildman–Crippen MR) is 95.3 cm³/mol. The average molecular weight is 446 g/mol. The van der Waals surface area contributed by atoms with Crippen LogP contribution in [0.1, 0.15) is 32.1 Å². The van der Waals surface area contributed by atoms with Crippen LogP contribution >= 0.6 is 24.0 Å². The van der Waals surface area contributed by atoms with Crippen LogP contribution < -0.4 is 5.32 Å². The summed E-state index contributed by atoms with van der Waals surface area (Å²) in [6.07, 6.45) is 1.80. The van der Waals surface area contributed by atoms with Crippen LogP contribution in [0.5, 0.6) is 0 Å². The minimum absolute atomic E-state index is 0. The number of halogens is 4. The molecule has 23 heavy (non-hydrogen) atoms. The molecule has 3 rings (SSSR count). The molecule has 1 saturated carbocycles. The summed E-state index contributed by atoms with van der Waals surface area (Å²) in [5, 5.41) is 3.38. The van der Waals surface area contributed by atoms with Crippen LogP contribution in [-0.2, 0) is 0 Å². The summed E-state index contributed by atoms with van der Waals surface area (Å²) in [6.45, 7) is 2.19. The van der Waals surface area contributed by atoms with E-state index in [0.717, 1.165) is 25.5 Å². The highest BCUT2D eigenvalue weighted by molar-refractivity contribution is 14.0. The summed E-state index contributed by atoms with van der Waals surface area (Å²) in [5.74, 6) is 0.864. The minimum atomic E-state index is -4.11. The van der Waals surface area contributed by atoms with Gasteiger partial charge in [-0.05, 0) is 31.1 Å². The van der Waals surface area contributed by atoms with Crippen molar-refractivity contribution in [2.24, 2.45) is 10.4 Å². The number of likely N-dealkylation sites (tertiary alicyclic amines) is 2. The molecule has 134 valence electrons. The second kappa shape index (κ2) is 7.33. The van der Waals surface area contributed by atoms with Gasteiger partial charge < -0.3 is 10.2 Å². The van der Waals surface area contributed by atoms with Gasteiger partial charge in [0.25, 0.3) is 0 Å². The van der Waals surface area contributed by atoms with E-state index >= 15 is 0 Å². The normalized spacial score (nSPS) is 27.9. The van der Waals surface area contributed by atoms with Crippen molar-refractivity contribution in [1.29, 1.82) is 0 Å². The zero-order valence-electron chi connectivity index (χ0n) is 13.5. The van der Waals surface area contributed by atoms with Gasteiger partial charge in [-0.2, -0.15) is 13.2 Å². The van der Waals surface area contributed by atoms with E-state index in [1.807, 2.05) is 0 Å². The van der Waals surface area contributed by atoms with Crippen molar-refractivity contribution in [3.05, 3.63) is 0 Å². The zero-order chi connectivity index (χ0) is 15.8. The first-order valence-corrected chi connectivity index (χ1v) is 8.17. The number of hydrogen-bond donors (Lipinski definition) is 1. The molecular weight excluding hydrogens is 420 g/mol. The van der Waals surface area contributed by atoms with Crippen molar-refractivity contribution >= 4 is 29.9 Å². The molecule has 8 heteroatoms. The summed E-state index contributed by atoms with van der Waals surface area (Å²) in [6, 6.07) is 0.0685. The Bertz CT molecular complexity index is 437. The molecule has 0 aromatic rings. The van der Waals surface area contributed by atoms with Gasteiger partial charge in [0.05, 0.1) is 6.54 Å². The van der Waals surface area contributed by atoms with Crippen molar-refractivity contribution in [3.63, 3.8) is 0 Å². The van der Waals surface area contributed by atoms with Crippen LogP contribution in [0.2, 0.25) is 0 Å². The SMILES string of the molecule is CN=C(NC1CCN(CC(F)(F)F)C1)N1CCC2(CCC2)C1.I. The summed E-state index contributed by atoms with van der Waals surface area (Å²) < 4.78 is 37.3. The average Bonchev–Trinajstić information content (AvgIpc) is 3.00. The standard InChI is InChI=1S/C15H25F3N4.HI/c1-19-13(22-8-6-14(10-22)4-2-5-14)20-12-3-7-21(9-12)11-15(16,17)18;/h12H,2-11H2,1H3,(H,19,20);1H. The van der Waals surface area contributed by atoms with E-state index in [0.29, 0.717) is 18.5 Å². The van der Waals surface area contributed by atoms with E-state index in [1.165, 1.54) is 30.6 Å². The third kappa shape index (κ3) is 4.64. The number of aliphatic imine (C=N–C) groups is 1. The Morgan fingerprint density at radius 2 is 2.00 bits per heavy atom. The van der Waals surface area contributed by atoms with E-state index in [-0.39, 0.29) is 30.0 Å². The molecule has 1 atom stereocenters. The molecule has 2 saturated heterocycles. The van der Waals surface area contributed by atoms with Crippen LogP contribution in [-0.4, -0.2) is 67.7 Å². The number of hydrogen-bond acceptors (Lipinski definition) is 2. The molecule has 1 unspecified atom stereocenters. The van der Waals surface area contributed by atoms with Crippen molar-refractivity contribution in [1.82, 2.24) is 15.1 Å². The fourth-order valence-corrected chi connectivity index (χ4v) is 4.03. The largest absolute Gasteiger partial charge is 0.401 e. The highest BCUT2D eigenvalue weighted by Gasteiger charge is 2.44. The summed E-state index contributed by atoms with van der Waals surface area (Å²) >= 11 is 0. The number of nitrogens with one attached hydrogen (secondary N) is 1. The molecule has 0 aromatic heterocycles. The smallest absolute Gasteiger partial charge is 0.352 e. The van der Waals surface area contributed by atoms with Crippen LogP contribution in [0.15, 0.2) is 4.99 Å². The molecule has 2 aliphatic heterocycles. The number of guanidine groups is 1. The first-order valence-electron chi connectivity index (χ1n) is 8.17. The van der Waals surface area contributed by atoms with E-state index in [4.69, 9.17) is 0 Å². The van der Waals surface area contributed by atoms with Gasteiger partial charge in [-0.1, -0.05) is 6.42 Å². The van der Waals surface area contributed by atoms with E-state index in [2.05, 4.69) is 15.2 Å².